The van der Waals surface area contributed by atoms with Gasteiger partial charge in [-0.15, -0.1) is 0 Å². The van der Waals surface area contributed by atoms with E-state index in [1.165, 1.54) is 10.8 Å². The van der Waals surface area contributed by atoms with Gasteiger partial charge in [-0.25, -0.2) is 9.59 Å². The summed E-state index contributed by atoms with van der Waals surface area (Å²) in [6.45, 7) is 1.09. The summed E-state index contributed by atoms with van der Waals surface area (Å²) >= 11 is 0. The molecule has 0 radical (unpaired) electrons. The summed E-state index contributed by atoms with van der Waals surface area (Å²) in [5, 5.41) is 9.27. The van der Waals surface area contributed by atoms with Crippen molar-refractivity contribution in [3.63, 3.8) is 0 Å². The number of nitrogens with one attached hydrogen (secondary N) is 1. The van der Waals surface area contributed by atoms with Crippen LogP contribution in [0, 0.1) is 6.92 Å². The molecule has 4 aromatic rings. The SMILES string of the molecule is Cc1cn([C@H]2C[C@H](OCC(=O)O)[C@@H](COC(c3ccccc3)(c3ccccc3)c3ccccc3)O2)c(=O)[nH]c1=O. The molecule has 1 aliphatic rings. The number of aryl methyl sites for hydroxylation is 1. The Hall–Kier alpha value is -4.31. The number of rotatable bonds is 10. The minimum Gasteiger partial charge on any atom is -0.480 e. The lowest BCUT2D eigenvalue weighted by molar-refractivity contribution is -0.148. The first-order valence-corrected chi connectivity index (χ1v) is 13.0. The Morgan fingerprint density at radius 2 is 1.48 bits per heavy atom. The molecule has 0 amide bonds. The van der Waals surface area contributed by atoms with Gasteiger partial charge < -0.3 is 19.3 Å². The molecule has 1 fully saturated rings. The van der Waals surface area contributed by atoms with Crippen molar-refractivity contribution in [1.82, 2.24) is 9.55 Å². The van der Waals surface area contributed by atoms with Crippen LogP contribution in [0.1, 0.15) is 34.9 Å². The summed E-state index contributed by atoms with van der Waals surface area (Å²) in [6, 6.07) is 29.5. The van der Waals surface area contributed by atoms with E-state index in [0.717, 1.165) is 16.7 Å². The number of nitrogens with zero attached hydrogens (tertiary/aromatic N) is 1. The van der Waals surface area contributed by atoms with E-state index >= 15 is 0 Å². The maximum atomic E-state index is 12.6. The second-order valence-corrected chi connectivity index (χ2v) is 9.68. The summed E-state index contributed by atoms with van der Waals surface area (Å²) in [6.07, 6.45) is -0.540. The van der Waals surface area contributed by atoms with Crippen LogP contribution in [0.2, 0.25) is 0 Å². The van der Waals surface area contributed by atoms with Gasteiger partial charge in [-0.1, -0.05) is 91.0 Å². The third kappa shape index (κ3) is 5.53. The van der Waals surface area contributed by atoms with E-state index in [2.05, 4.69) is 4.98 Å². The smallest absolute Gasteiger partial charge is 0.330 e. The Kier molecular flexibility index (Phi) is 8.06. The van der Waals surface area contributed by atoms with Gasteiger partial charge in [0, 0.05) is 18.2 Å². The van der Waals surface area contributed by atoms with Crippen molar-refractivity contribution in [2.75, 3.05) is 13.2 Å². The first-order valence-electron chi connectivity index (χ1n) is 13.0. The van der Waals surface area contributed by atoms with Gasteiger partial charge in [-0.05, 0) is 23.6 Å². The van der Waals surface area contributed by atoms with Crippen molar-refractivity contribution in [2.45, 2.75) is 37.4 Å². The number of ether oxygens (including phenoxy) is 3. The van der Waals surface area contributed by atoms with Crippen molar-refractivity contribution in [2.24, 2.45) is 0 Å². The normalized spacial score (nSPS) is 19.0. The first-order chi connectivity index (χ1) is 19.4. The molecule has 206 valence electrons. The topological polar surface area (TPSA) is 120 Å². The van der Waals surface area contributed by atoms with Crippen LogP contribution in [0.15, 0.2) is 107 Å². The fraction of sp³-hybridized carbons (Fsp3) is 0.258. The highest BCUT2D eigenvalue weighted by Crippen LogP contribution is 2.41. The van der Waals surface area contributed by atoms with Crippen LogP contribution in [0.4, 0.5) is 0 Å². The number of aromatic nitrogens is 2. The lowest BCUT2D eigenvalue weighted by Crippen LogP contribution is -2.39. The van der Waals surface area contributed by atoms with Gasteiger partial charge in [0.25, 0.3) is 5.56 Å². The predicted octanol–water partition coefficient (Wildman–Crippen LogP) is 3.61. The van der Waals surface area contributed by atoms with Gasteiger partial charge in [0.05, 0.1) is 12.7 Å². The zero-order chi connectivity index (χ0) is 28.1. The van der Waals surface area contributed by atoms with Crippen LogP contribution in [0.5, 0.6) is 0 Å². The Labute approximate surface area is 230 Å². The molecule has 0 aliphatic carbocycles. The van der Waals surface area contributed by atoms with E-state index < -0.39 is 47.9 Å². The van der Waals surface area contributed by atoms with Gasteiger partial charge in [0.2, 0.25) is 0 Å². The average Bonchev–Trinajstić information content (AvgIpc) is 3.38. The molecule has 2 N–H and O–H groups in total. The number of hydrogen-bond donors (Lipinski definition) is 2. The fourth-order valence-corrected chi connectivity index (χ4v) is 5.15. The highest BCUT2D eigenvalue weighted by atomic mass is 16.6. The molecule has 1 saturated heterocycles. The van der Waals surface area contributed by atoms with E-state index in [-0.39, 0.29) is 13.0 Å². The zero-order valence-electron chi connectivity index (χ0n) is 21.9. The second-order valence-electron chi connectivity index (χ2n) is 9.68. The number of carboxylic acids is 1. The van der Waals surface area contributed by atoms with Crippen LogP contribution < -0.4 is 11.2 Å². The first kappa shape index (κ1) is 27.3. The molecule has 40 heavy (non-hydrogen) atoms. The highest BCUT2D eigenvalue weighted by molar-refractivity contribution is 5.68. The molecule has 5 rings (SSSR count). The van der Waals surface area contributed by atoms with Gasteiger partial charge in [-0.2, -0.15) is 0 Å². The molecular formula is C31H30N2O7. The predicted molar refractivity (Wildman–Crippen MR) is 147 cm³/mol. The van der Waals surface area contributed by atoms with E-state index in [1.54, 1.807) is 6.92 Å². The van der Waals surface area contributed by atoms with Crippen LogP contribution in [-0.4, -0.2) is 46.0 Å². The van der Waals surface area contributed by atoms with Crippen molar-refractivity contribution < 1.29 is 24.1 Å². The number of H-pyrrole nitrogens is 1. The molecule has 9 heteroatoms. The van der Waals surface area contributed by atoms with Crippen LogP contribution >= 0.6 is 0 Å². The summed E-state index contributed by atoms with van der Waals surface area (Å²) < 4.78 is 20.1. The Morgan fingerprint density at radius 3 is 1.98 bits per heavy atom. The molecule has 3 aromatic carbocycles. The Bertz CT molecular complexity index is 1450. The molecule has 0 bridgehead atoms. The van der Waals surface area contributed by atoms with Crippen molar-refractivity contribution in [3.8, 4) is 0 Å². The second kappa shape index (κ2) is 11.8. The minimum atomic E-state index is -1.12. The largest absolute Gasteiger partial charge is 0.480 e. The Morgan fingerprint density at radius 1 is 0.950 bits per heavy atom. The minimum absolute atomic E-state index is 0.0244. The summed E-state index contributed by atoms with van der Waals surface area (Å²) in [7, 11) is 0. The summed E-state index contributed by atoms with van der Waals surface area (Å²) in [4.78, 5) is 38.1. The number of benzene rings is 3. The lowest BCUT2D eigenvalue weighted by Gasteiger charge is -2.37. The van der Waals surface area contributed by atoms with E-state index in [4.69, 9.17) is 14.2 Å². The monoisotopic (exact) mass is 542 g/mol. The van der Waals surface area contributed by atoms with Gasteiger partial charge >= 0.3 is 11.7 Å². The van der Waals surface area contributed by atoms with E-state index in [0.29, 0.717) is 5.56 Å². The molecule has 1 aromatic heterocycles. The maximum Gasteiger partial charge on any atom is 0.330 e. The molecule has 2 heterocycles. The van der Waals surface area contributed by atoms with Gasteiger partial charge in [0.15, 0.2) is 0 Å². The molecule has 3 atom stereocenters. The number of carboxylic acid groups (broad SMARTS) is 1. The third-order valence-electron chi connectivity index (χ3n) is 7.06. The van der Waals surface area contributed by atoms with Crippen molar-refractivity contribution in [3.05, 3.63) is 140 Å². The molecular weight excluding hydrogens is 512 g/mol. The fourth-order valence-electron chi connectivity index (χ4n) is 5.15. The molecule has 0 unspecified atom stereocenters. The lowest BCUT2D eigenvalue weighted by atomic mass is 9.80. The zero-order valence-corrected chi connectivity index (χ0v) is 21.9. The van der Waals surface area contributed by atoms with Gasteiger partial charge in [0.1, 0.15) is 24.5 Å². The van der Waals surface area contributed by atoms with E-state index in [1.807, 2.05) is 91.0 Å². The van der Waals surface area contributed by atoms with Crippen molar-refractivity contribution in [1.29, 1.82) is 0 Å². The quantitative estimate of drug-likeness (QED) is 0.294. The van der Waals surface area contributed by atoms with Crippen molar-refractivity contribution >= 4 is 5.97 Å². The summed E-state index contributed by atoms with van der Waals surface area (Å²) in [5.41, 5.74) is 0.936. The molecule has 1 aliphatic heterocycles. The van der Waals surface area contributed by atoms with E-state index in [9.17, 15) is 19.5 Å². The molecule has 0 spiro atoms. The van der Waals surface area contributed by atoms with Crippen LogP contribution in [-0.2, 0) is 24.6 Å². The standard InChI is InChI=1S/C31H30N2O7/c1-21-18-33(30(37)32-29(21)36)27-17-25(38-20-28(34)35)26(40-27)19-39-31(22-11-5-2-6-12-22,23-13-7-3-8-14-23)24-15-9-4-10-16-24/h2-16,18,25-27H,17,19-20H2,1H3,(H,34,35)(H,32,36,37)/t25-,26+,27+/m0/s1. The number of aromatic amines is 1. The summed E-state index contributed by atoms with van der Waals surface area (Å²) in [5.74, 6) is -1.12. The molecule has 0 saturated carbocycles. The highest BCUT2D eigenvalue weighted by Gasteiger charge is 2.43. The number of aliphatic carboxylic acids is 1. The number of hydrogen-bond acceptors (Lipinski definition) is 6. The van der Waals surface area contributed by atoms with Gasteiger partial charge in [-0.3, -0.25) is 14.3 Å². The average molecular weight is 543 g/mol. The number of carbonyl (C=O) groups is 1. The van der Waals surface area contributed by atoms with Crippen LogP contribution in [0.25, 0.3) is 0 Å². The maximum absolute atomic E-state index is 12.6. The third-order valence-corrected chi connectivity index (χ3v) is 7.06. The Balaban J connectivity index is 1.53. The van der Waals surface area contributed by atoms with Crippen LogP contribution in [0.3, 0.4) is 0 Å². The molecule has 9 nitrogen and oxygen atoms in total.